The van der Waals surface area contributed by atoms with Crippen LogP contribution in [0.1, 0.15) is 18.4 Å². The average Bonchev–Trinajstić information content (AvgIpc) is 2.78. The molecule has 8 nitrogen and oxygen atoms in total. The summed E-state index contributed by atoms with van der Waals surface area (Å²) in [5.41, 5.74) is 6.65. The fraction of sp³-hybridized carbons (Fsp3) is 0.318. The molecule has 3 rings (SSSR count). The van der Waals surface area contributed by atoms with E-state index in [1.807, 2.05) is 49.4 Å². The SMILES string of the molecule is Cc1ccc(OCC(=O)NNC(=O)C2CCN(C(=O)Nc3ccccc3)CC2)cc1. The number of urea groups is 1. The van der Waals surface area contributed by atoms with E-state index >= 15 is 0 Å². The van der Waals surface area contributed by atoms with E-state index in [4.69, 9.17) is 4.74 Å². The van der Waals surface area contributed by atoms with Gasteiger partial charge in [0.05, 0.1) is 0 Å². The lowest BCUT2D eigenvalue weighted by molar-refractivity contribution is -0.132. The molecule has 4 amide bonds. The van der Waals surface area contributed by atoms with Gasteiger partial charge in [0, 0.05) is 24.7 Å². The topological polar surface area (TPSA) is 99.8 Å². The Bertz CT molecular complexity index is 862. The predicted octanol–water partition coefficient (Wildman–Crippen LogP) is 2.47. The van der Waals surface area contributed by atoms with Crippen molar-refractivity contribution in [2.75, 3.05) is 25.0 Å². The van der Waals surface area contributed by atoms with E-state index in [9.17, 15) is 14.4 Å². The van der Waals surface area contributed by atoms with Crippen LogP contribution in [0.5, 0.6) is 5.75 Å². The van der Waals surface area contributed by atoms with Crippen LogP contribution in [0.3, 0.4) is 0 Å². The number of hydrazine groups is 1. The highest BCUT2D eigenvalue weighted by atomic mass is 16.5. The van der Waals surface area contributed by atoms with Crippen molar-refractivity contribution in [1.82, 2.24) is 15.8 Å². The molecule has 0 radical (unpaired) electrons. The third-order valence-electron chi connectivity index (χ3n) is 4.89. The van der Waals surface area contributed by atoms with E-state index in [1.54, 1.807) is 17.0 Å². The second kappa shape index (κ2) is 10.3. The Morgan fingerprint density at radius 3 is 2.30 bits per heavy atom. The van der Waals surface area contributed by atoms with Crippen LogP contribution >= 0.6 is 0 Å². The summed E-state index contributed by atoms with van der Waals surface area (Å²) in [6.07, 6.45) is 1.06. The number of carbonyl (C=O) groups is 3. The summed E-state index contributed by atoms with van der Waals surface area (Å²) < 4.78 is 5.38. The Kier molecular flexibility index (Phi) is 7.26. The number of hydrogen-bond donors (Lipinski definition) is 3. The highest BCUT2D eigenvalue weighted by Gasteiger charge is 2.27. The molecule has 0 aliphatic carbocycles. The van der Waals surface area contributed by atoms with Crippen LogP contribution in [0.15, 0.2) is 54.6 Å². The molecule has 0 spiro atoms. The van der Waals surface area contributed by atoms with Crippen molar-refractivity contribution < 1.29 is 19.1 Å². The summed E-state index contributed by atoms with van der Waals surface area (Å²) in [5, 5.41) is 2.84. The Balaban J connectivity index is 1.35. The van der Waals surface area contributed by atoms with Crippen LogP contribution in [0.25, 0.3) is 0 Å². The quantitative estimate of drug-likeness (QED) is 0.660. The van der Waals surface area contributed by atoms with Crippen LogP contribution in [-0.2, 0) is 9.59 Å². The molecular weight excluding hydrogens is 384 g/mol. The number of carbonyl (C=O) groups excluding carboxylic acids is 3. The van der Waals surface area contributed by atoms with Crippen molar-refractivity contribution in [3.8, 4) is 5.75 Å². The van der Waals surface area contributed by atoms with Crippen molar-refractivity contribution in [3.63, 3.8) is 0 Å². The zero-order valence-corrected chi connectivity index (χ0v) is 16.9. The molecule has 0 unspecified atom stereocenters. The number of aryl methyl sites for hydroxylation is 1. The molecule has 0 bridgehead atoms. The molecule has 1 saturated heterocycles. The number of ether oxygens (including phenoxy) is 1. The van der Waals surface area contributed by atoms with Gasteiger partial charge in [0.2, 0.25) is 5.91 Å². The van der Waals surface area contributed by atoms with Gasteiger partial charge in [-0.1, -0.05) is 35.9 Å². The summed E-state index contributed by atoms with van der Waals surface area (Å²) in [5.74, 6) is -0.377. The first kappa shape index (κ1) is 21.2. The minimum Gasteiger partial charge on any atom is -0.484 e. The van der Waals surface area contributed by atoms with Gasteiger partial charge in [-0.2, -0.15) is 0 Å². The predicted molar refractivity (Wildman–Crippen MR) is 113 cm³/mol. The van der Waals surface area contributed by atoms with Crippen LogP contribution < -0.4 is 20.9 Å². The molecule has 158 valence electrons. The summed E-state index contributed by atoms with van der Waals surface area (Å²) in [4.78, 5) is 38.2. The minimum atomic E-state index is -0.441. The molecule has 3 N–H and O–H groups in total. The van der Waals surface area contributed by atoms with Gasteiger partial charge in [0.1, 0.15) is 5.75 Å². The first-order valence-corrected chi connectivity index (χ1v) is 9.90. The number of nitrogens with zero attached hydrogens (tertiary/aromatic N) is 1. The van der Waals surface area contributed by atoms with Crippen LogP contribution in [0.4, 0.5) is 10.5 Å². The molecular formula is C22H26N4O4. The monoisotopic (exact) mass is 410 g/mol. The van der Waals surface area contributed by atoms with Gasteiger partial charge >= 0.3 is 6.03 Å². The first-order chi connectivity index (χ1) is 14.5. The molecule has 2 aromatic carbocycles. The molecule has 8 heteroatoms. The molecule has 1 aliphatic heterocycles. The van der Waals surface area contributed by atoms with Gasteiger partial charge in [-0.05, 0) is 44.0 Å². The molecule has 0 atom stereocenters. The zero-order chi connectivity index (χ0) is 21.3. The summed E-state index contributed by atoms with van der Waals surface area (Å²) in [7, 11) is 0. The number of nitrogens with one attached hydrogen (secondary N) is 3. The largest absolute Gasteiger partial charge is 0.484 e. The number of hydrogen-bond acceptors (Lipinski definition) is 4. The number of rotatable bonds is 5. The third kappa shape index (κ3) is 6.23. The maximum absolute atomic E-state index is 12.3. The number of para-hydroxylation sites is 1. The van der Waals surface area contributed by atoms with Gasteiger partial charge in [-0.3, -0.25) is 20.4 Å². The molecule has 1 aliphatic rings. The van der Waals surface area contributed by atoms with Gasteiger partial charge in [0.15, 0.2) is 6.61 Å². The smallest absolute Gasteiger partial charge is 0.321 e. The fourth-order valence-electron chi connectivity index (χ4n) is 3.12. The number of benzene rings is 2. The van der Waals surface area contributed by atoms with Crippen molar-refractivity contribution >= 4 is 23.5 Å². The van der Waals surface area contributed by atoms with Crippen molar-refractivity contribution in [1.29, 1.82) is 0 Å². The summed E-state index contributed by atoms with van der Waals surface area (Å²) in [6, 6.07) is 16.4. The normalized spacial score (nSPS) is 14.0. The molecule has 30 heavy (non-hydrogen) atoms. The van der Waals surface area contributed by atoms with E-state index in [-0.39, 0.29) is 24.5 Å². The summed E-state index contributed by atoms with van der Waals surface area (Å²) in [6.45, 7) is 2.72. The standard InChI is InChI=1S/C22H26N4O4/c1-16-7-9-19(10-8-16)30-15-20(27)24-25-21(28)17-11-13-26(14-12-17)22(29)23-18-5-3-2-4-6-18/h2-10,17H,11-15H2,1H3,(H,23,29)(H,24,27)(H,25,28). The van der Waals surface area contributed by atoms with E-state index < -0.39 is 5.91 Å². The highest BCUT2D eigenvalue weighted by Crippen LogP contribution is 2.18. The summed E-state index contributed by atoms with van der Waals surface area (Å²) >= 11 is 0. The van der Waals surface area contributed by atoms with E-state index in [1.165, 1.54) is 0 Å². The zero-order valence-electron chi connectivity index (χ0n) is 16.9. The molecule has 0 aromatic heterocycles. The Labute approximate surface area is 175 Å². The lowest BCUT2D eigenvalue weighted by Gasteiger charge is -2.31. The Morgan fingerprint density at radius 2 is 1.63 bits per heavy atom. The maximum atomic E-state index is 12.3. The second-order valence-electron chi connectivity index (χ2n) is 7.20. The maximum Gasteiger partial charge on any atom is 0.321 e. The minimum absolute atomic E-state index is 0.179. The molecule has 1 heterocycles. The van der Waals surface area contributed by atoms with Gasteiger partial charge in [0.25, 0.3) is 5.91 Å². The first-order valence-electron chi connectivity index (χ1n) is 9.90. The van der Waals surface area contributed by atoms with Gasteiger partial charge < -0.3 is 15.0 Å². The van der Waals surface area contributed by atoms with Crippen molar-refractivity contribution in [2.24, 2.45) is 5.92 Å². The van der Waals surface area contributed by atoms with Crippen LogP contribution in [0, 0.1) is 12.8 Å². The lowest BCUT2D eigenvalue weighted by atomic mass is 9.96. The second-order valence-corrected chi connectivity index (χ2v) is 7.20. The van der Waals surface area contributed by atoms with Gasteiger partial charge in [-0.15, -0.1) is 0 Å². The average molecular weight is 410 g/mol. The fourth-order valence-corrected chi connectivity index (χ4v) is 3.12. The Morgan fingerprint density at radius 1 is 0.967 bits per heavy atom. The van der Waals surface area contributed by atoms with Crippen molar-refractivity contribution in [3.05, 3.63) is 60.2 Å². The number of amides is 4. The van der Waals surface area contributed by atoms with Gasteiger partial charge in [-0.25, -0.2) is 4.79 Å². The molecule has 0 saturated carbocycles. The third-order valence-corrected chi connectivity index (χ3v) is 4.89. The van der Waals surface area contributed by atoms with Crippen LogP contribution in [-0.4, -0.2) is 42.4 Å². The van der Waals surface area contributed by atoms with Crippen molar-refractivity contribution in [2.45, 2.75) is 19.8 Å². The highest BCUT2D eigenvalue weighted by molar-refractivity contribution is 5.89. The van der Waals surface area contributed by atoms with Crippen LogP contribution in [0.2, 0.25) is 0 Å². The number of piperidine rings is 1. The van der Waals surface area contributed by atoms with E-state index in [2.05, 4.69) is 16.2 Å². The van der Waals surface area contributed by atoms with E-state index in [0.29, 0.717) is 31.7 Å². The molecule has 2 aromatic rings. The van der Waals surface area contributed by atoms with E-state index in [0.717, 1.165) is 11.3 Å². The molecule has 1 fully saturated rings. The Hall–Kier alpha value is -3.55. The lowest BCUT2D eigenvalue weighted by Crippen LogP contribution is -2.49. The number of anilines is 1. The number of likely N-dealkylation sites (tertiary alicyclic amines) is 1.